The summed E-state index contributed by atoms with van der Waals surface area (Å²) in [6.07, 6.45) is 1.86. The Kier molecular flexibility index (Phi) is 5.00. The minimum atomic E-state index is -0.325. The lowest BCUT2D eigenvalue weighted by Gasteiger charge is -2.35. The van der Waals surface area contributed by atoms with Crippen molar-refractivity contribution in [2.75, 3.05) is 19.6 Å². The van der Waals surface area contributed by atoms with Gasteiger partial charge in [0, 0.05) is 19.6 Å². The maximum Gasteiger partial charge on any atom is 0.0804 e. The van der Waals surface area contributed by atoms with Crippen LogP contribution in [0.2, 0.25) is 0 Å². The van der Waals surface area contributed by atoms with E-state index in [4.69, 9.17) is 0 Å². The molecule has 19 heavy (non-hydrogen) atoms. The summed E-state index contributed by atoms with van der Waals surface area (Å²) in [5.41, 5.74) is 2.27. The summed E-state index contributed by atoms with van der Waals surface area (Å²) in [6.45, 7) is 10.1. The predicted molar refractivity (Wildman–Crippen MR) is 80.1 cm³/mol. The lowest BCUT2D eigenvalue weighted by atomic mass is 9.91. The third-order valence-corrected chi connectivity index (χ3v) is 4.21. The molecule has 3 unspecified atom stereocenters. The Morgan fingerprint density at radius 1 is 1.21 bits per heavy atom. The lowest BCUT2D eigenvalue weighted by Crippen LogP contribution is -2.39. The molecule has 1 aromatic carbocycles. The molecule has 0 spiro atoms. The fourth-order valence-corrected chi connectivity index (χ4v) is 3.40. The Morgan fingerprint density at radius 3 is 2.47 bits per heavy atom. The molecule has 0 saturated carbocycles. The Morgan fingerprint density at radius 2 is 1.84 bits per heavy atom. The number of aryl methyl sites for hydroxylation is 1. The maximum atomic E-state index is 10.3. The third kappa shape index (κ3) is 4.05. The summed E-state index contributed by atoms with van der Waals surface area (Å²) in [5.74, 6) is 1.58. The van der Waals surface area contributed by atoms with Crippen LogP contribution in [0.4, 0.5) is 0 Å². The van der Waals surface area contributed by atoms with Crippen LogP contribution in [0, 0.1) is 18.8 Å². The van der Waals surface area contributed by atoms with Crippen LogP contribution < -0.4 is 0 Å². The van der Waals surface area contributed by atoms with Crippen molar-refractivity contribution in [1.82, 2.24) is 4.90 Å². The van der Waals surface area contributed by atoms with Gasteiger partial charge < -0.3 is 10.0 Å². The molecule has 1 saturated heterocycles. The SMILES string of the molecule is Cc1ccccc1C(O)CCN1CC(C)CC(C)C1. The molecule has 0 aliphatic carbocycles. The predicted octanol–water partition coefficient (Wildman–Crippen LogP) is 3.40. The van der Waals surface area contributed by atoms with E-state index in [2.05, 4.69) is 31.7 Å². The van der Waals surface area contributed by atoms with Gasteiger partial charge in [0.05, 0.1) is 6.10 Å². The molecule has 3 atom stereocenters. The van der Waals surface area contributed by atoms with Gasteiger partial charge in [0.2, 0.25) is 0 Å². The summed E-state index contributed by atoms with van der Waals surface area (Å²) in [5, 5.41) is 10.3. The third-order valence-electron chi connectivity index (χ3n) is 4.21. The molecule has 0 radical (unpaired) electrons. The van der Waals surface area contributed by atoms with Gasteiger partial charge in [-0.15, -0.1) is 0 Å². The van der Waals surface area contributed by atoms with Gasteiger partial charge in [-0.05, 0) is 42.7 Å². The largest absolute Gasteiger partial charge is 0.388 e. The van der Waals surface area contributed by atoms with Crippen LogP contribution in [-0.4, -0.2) is 29.6 Å². The second-order valence-corrected chi connectivity index (χ2v) is 6.37. The van der Waals surface area contributed by atoms with Crippen molar-refractivity contribution in [1.29, 1.82) is 0 Å². The van der Waals surface area contributed by atoms with Gasteiger partial charge in [-0.1, -0.05) is 38.1 Å². The zero-order chi connectivity index (χ0) is 13.8. The molecule has 0 aromatic heterocycles. The molecule has 1 fully saturated rings. The molecule has 1 aliphatic heterocycles. The van der Waals surface area contributed by atoms with Crippen molar-refractivity contribution in [3.8, 4) is 0 Å². The van der Waals surface area contributed by atoms with Crippen molar-refractivity contribution in [2.24, 2.45) is 11.8 Å². The molecule has 2 nitrogen and oxygen atoms in total. The fraction of sp³-hybridized carbons (Fsp3) is 0.647. The first kappa shape index (κ1) is 14.5. The number of hydrogen-bond acceptors (Lipinski definition) is 2. The van der Waals surface area contributed by atoms with Crippen molar-refractivity contribution in [2.45, 2.75) is 39.7 Å². The van der Waals surface area contributed by atoms with E-state index in [0.717, 1.165) is 30.4 Å². The Labute approximate surface area is 117 Å². The van der Waals surface area contributed by atoms with Gasteiger partial charge in [0.15, 0.2) is 0 Å². The topological polar surface area (TPSA) is 23.5 Å². The van der Waals surface area contributed by atoms with Gasteiger partial charge >= 0.3 is 0 Å². The first-order valence-corrected chi connectivity index (χ1v) is 7.52. The quantitative estimate of drug-likeness (QED) is 0.898. The standard InChI is InChI=1S/C17H27NO/c1-13-10-14(2)12-18(11-13)9-8-17(19)16-7-5-4-6-15(16)3/h4-7,13-14,17,19H,8-12H2,1-3H3. The minimum Gasteiger partial charge on any atom is -0.388 e. The van der Waals surface area contributed by atoms with E-state index in [0.29, 0.717) is 0 Å². The van der Waals surface area contributed by atoms with Gasteiger partial charge in [-0.25, -0.2) is 0 Å². The Balaban J connectivity index is 1.87. The Bertz CT molecular complexity index is 394. The van der Waals surface area contributed by atoms with Crippen molar-refractivity contribution in [3.05, 3.63) is 35.4 Å². The zero-order valence-corrected chi connectivity index (χ0v) is 12.5. The normalized spacial score (nSPS) is 26.3. The highest BCUT2D eigenvalue weighted by Gasteiger charge is 2.22. The zero-order valence-electron chi connectivity index (χ0n) is 12.5. The van der Waals surface area contributed by atoms with E-state index >= 15 is 0 Å². The number of aliphatic hydroxyl groups is 1. The monoisotopic (exact) mass is 261 g/mol. The number of piperidine rings is 1. The number of likely N-dealkylation sites (tertiary alicyclic amines) is 1. The second-order valence-electron chi connectivity index (χ2n) is 6.37. The molecule has 0 bridgehead atoms. The van der Waals surface area contributed by atoms with Crippen LogP contribution in [0.5, 0.6) is 0 Å². The van der Waals surface area contributed by atoms with E-state index in [1.807, 2.05) is 18.2 Å². The first-order valence-electron chi connectivity index (χ1n) is 7.52. The van der Waals surface area contributed by atoms with Crippen molar-refractivity contribution in [3.63, 3.8) is 0 Å². The molecule has 1 aromatic rings. The van der Waals surface area contributed by atoms with E-state index < -0.39 is 0 Å². The molecular formula is C17H27NO. The summed E-state index contributed by atoms with van der Waals surface area (Å²) < 4.78 is 0. The fourth-order valence-electron chi connectivity index (χ4n) is 3.40. The molecule has 1 heterocycles. The summed E-state index contributed by atoms with van der Waals surface area (Å²) in [4.78, 5) is 2.51. The van der Waals surface area contributed by atoms with Crippen LogP contribution in [0.1, 0.15) is 43.9 Å². The highest BCUT2D eigenvalue weighted by Crippen LogP contribution is 2.24. The minimum absolute atomic E-state index is 0.325. The number of nitrogens with zero attached hydrogens (tertiary/aromatic N) is 1. The van der Waals surface area contributed by atoms with Crippen molar-refractivity contribution < 1.29 is 5.11 Å². The van der Waals surface area contributed by atoms with Crippen LogP contribution in [-0.2, 0) is 0 Å². The molecule has 2 rings (SSSR count). The maximum absolute atomic E-state index is 10.3. The lowest BCUT2D eigenvalue weighted by molar-refractivity contribution is 0.103. The first-order chi connectivity index (χ1) is 9.06. The number of hydrogen-bond donors (Lipinski definition) is 1. The van der Waals surface area contributed by atoms with Gasteiger partial charge in [0.1, 0.15) is 0 Å². The van der Waals surface area contributed by atoms with E-state index in [9.17, 15) is 5.11 Å². The van der Waals surface area contributed by atoms with Crippen LogP contribution in [0.25, 0.3) is 0 Å². The van der Waals surface area contributed by atoms with Crippen LogP contribution in [0.3, 0.4) is 0 Å². The van der Waals surface area contributed by atoms with Crippen LogP contribution in [0.15, 0.2) is 24.3 Å². The summed E-state index contributed by atoms with van der Waals surface area (Å²) in [6, 6.07) is 8.15. The molecule has 2 heteroatoms. The van der Waals surface area contributed by atoms with E-state index in [-0.39, 0.29) is 6.10 Å². The smallest absolute Gasteiger partial charge is 0.0804 e. The molecule has 106 valence electrons. The summed E-state index contributed by atoms with van der Waals surface area (Å²) in [7, 11) is 0. The molecular weight excluding hydrogens is 234 g/mol. The molecule has 1 aliphatic rings. The van der Waals surface area contributed by atoms with Crippen LogP contribution >= 0.6 is 0 Å². The number of aliphatic hydroxyl groups excluding tert-OH is 1. The van der Waals surface area contributed by atoms with Gasteiger partial charge in [-0.3, -0.25) is 0 Å². The summed E-state index contributed by atoms with van der Waals surface area (Å²) >= 11 is 0. The highest BCUT2D eigenvalue weighted by molar-refractivity contribution is 5.27. The van der Waals surface area contributed by atoms with Gasteiger partial charge in [-0.2, -0.15) is 0 Å². The number of benzene rings is 1. The molecule has 1 N–H and O–H groups in total. The van der Waals surface area contributed by atoms with Crippen molar-refractivity contribution >= 4 is 0 Å². The van der Waals surface area contributed by atoms with E-state index in [1.54, 1.807) is 0 Å². The van der Waals surface area contributed by atoms with Gasteiger partial charge in [0.25, 0.3) is 0 Å². The Hall–Kier alpha value is -0.860. The molecule has 0 amide bonds. The average Bonchev–Trinajstić information content (AvgIpc) is 2.35. The van der Waals surface area contributed by atoms with E-state index in [1.165, 1.54) is 25.1 Å². The second kappa shape index (κ2) is 6.53. The average molecular weight is 261 g/mol. The highest BCUT2D eigenvalue weighted by atomic mass is 16.3. The number of rotatable bonds is 4.